The summed E-state index contributed by atoms with van der Waals surface area (Å²) in [5.74, 6) is 0.347. The standard InChI is InChI=1S/C10H13NO4S/c1-3-11(16(13)14)10(12)15-9-6-4-8(2)5-7-9/h4-7H,3H2,1-2H3,(H,13,14). The van der Waals surface area contributed by atoms with E-state index in [1.165, 1.54) is 0 Å². The number of hydrogen-bond acceptors (Lipinski definition) is 3. The van der Waals surface area contributed by atoms with Crippen LogP contribution < -0.4 is 4.74 Å². The van der Waals surface area contributed by atoms with Gasteiger partial charge in [0.1, 0.15) is 5.75 Å². The molecule has 88 valence electrons. The number of nitrogens with zero attached hydrogens (tertiary/aromatic N) is 1. The second-order valence-corrected chi connectivity index (χ2v) is 4.01. The van der Waals surface area contributed by atoms with Crippen LogP contribution in [0, 0.1) is 6.92 Å². The average Bonchev–Trinajstić information content (AvgIpc) is 2.22. The summed E-state index contributed by atoms with van der Waals surface area (Å²) >= 11 is -2.35. The SMILES string of the molecule is CCN(C(=O)Oc1ccc(C)cc1)S(=O)O. The van der Waals surface area contributed by atoms with E-state index in [1.807, 2.05) is 6.92 Å². The molecule has 0 aromatic heterocycles. The zero-order valence-corrected chi connectivity index (χ0v) is 9.86. The maximum atomic E-state index is 11.4. The van der Waals surface area contributed by atoms with Crippen molar-refractivity contribution < 1.29 is 18.3 Å². The van der Waals surface area contributed by atoms with Gasteiger partial charge in [-0.15, -0.1) is 0 Å². The molecule has 5 nitrogen and oxygen atoms in total. The van der Waals surface area contributed by atoms with Crippen molar-refractivity contribution in [1.29, 1.82) is 0 Å². The predicted molar refractivity (Wildman–Crippen MR) is 60.4 cm³/mol. The van der Waals surface area contributed by atoms with Crippen molar-refractivity contribution in [3.63, 3.8) is 0 Å². The lowest BCUT2D eigenvalue weighted by Gasteiger charge is -2.14. The molecule has 1 amide bonds. The Bertz CT molecular complexity index is 390. The predicted octanol–water partition coefficient (Wildman–Crippen LogP) is 1.95. The average molecular weight is 243 g/mol. The molecule has 1 aromatic carbocycles. The monoisotopic (exact) mass is 243 g/mol. The fourth-order valence-corrected chi connectivity index (χ4v) is 1.45. The molecule has 0 aliphatic carbocycles. The summed E-state index contributed by atoms with van der Waals surface area (Å²) in [5, 5.41) is 0. The zero-order valence-electron chi connectivity index (χ0n) is 9.04. The number of aryl methyl sites for hydroxylation is 1. The van der Waals surface area contributed by atoms with Gasteiger partial charge in [0.2, 0.25) is 0 Å². The highest BCUT2D eigenvalue weighted by Crippen LogP contribution is 2.13. The van der Waals surface area contributed by atoms with Crippen molar-refractivity contribution in [1.82, 2.24) is 4.31 Å². The number of carbonyl (C=O) groups is 1. The topological polar surface area (TPSA) is 66.8 Å². The maximum Gasteiger partial charge on any atom is 0.428 e. The molecular weight excluding hydrogens is 230 g/mol. The first kappa shape index (κ1) is 12.7. The fraction of sp³-hybridized carbons (Fsp3) is 0.300. The Labute approximate surface area is 96.4 Å². The van der Waals surface area contributed by atoms with Crippen LogP contribution in [0.2, 0.25) is 0 Å². The molecule has 0 aliphatic rings. The van der Waals surface area contributed by atoms with E-state index < -0.39 is 17.4 Å². The third kappa shape index (κ3) is 3.32. The molecule has 0 aliphatic heterocycles. The molecule has 0 saturated heterocycles. The van der Waals surface area contributed by atoms with Gasteiger partial charge in [-0.05, 0) is 26.0 Å². The minimum Gasteiger partial charge on any atom is -0.410 e. The van der Waals surface area contributed by atoms with Crippen LogP contribution in [0.25, 0.3) is 0 Å². The van der Waals surface area contributed by atoms with Crippen molar-refractivity contribution in [2.75, 3.05) is 6.54 Å². The van der Waals surface area contributed by atoms with Gasteiger partial charge in [-0.25, -0.2) is 13.3 Å². The van der Waals surface area contributed by atoms with Crippen LogP contribution in [-0.2, 0) is 11.3 Å². The van der Waals surface area contributed by atoms with Crippen molar-refractivity contribution in [3.8, 4) is 5.75 Å². The van der Waals surface area contributed by atoms with Crippen LogP contribution >= 0.6 is 0 Å². The van der Waals surface area contributed by atoms with E-state index in [-0.39, 0.29) is 6.54 Å². The summed E-state index contributed by atoms with van der Waals surface area (Å²) in [7, 11) is 0. The molecule has 16 heavy (non-hydrogen) atoms. The molecule has 6 heteroatoms. The van der Waals surface area contributed by atoms with Crippen molar-refractivity contribution in [2.24, 2.45) is 0 Å². The van der Waals surface area contributed by atoms with E-state index in [0.29, 0.717) is 10.1 Å². The summed E-state index contributed by atoms with van der Waals surface area (Å²) in [5.41, 5.74) is 1.04. The van der Waals surface area contributed by atoms with Gasteiger partial charge >= 0.3 is 6.09 Å². The van der Waals surface area contributed by atoms with Crippen LogP contribution in [0.4, 0.5) is 4.79 Å². The van der Waals surface area contributed by atoms with Crippen LogP contribution in [0.5, 0.6) is 5.75 Å². The number of carbonyl (C=O) groups excluding carboxylic acids is 1. The molecule has 0 spiro atoms. The van der Waals surface area contributed by atoms with Crippen molar-refractivity contribution in [3.05, 3.63) is 29.8 Å². The molecule has 1 aromatic rings. The Morgan fingerprint density at radius 2 is 2.00 bits per heavy atom. The number of ether oxygens (including phenoxy) is 1. The highest BCUT2D eigenvalue weighted by atomic mass is 32.2. The van der Waals surface area contributed by atoms with Gasteiger partial charge in [0.25, 0.3) is 11.3 Å². The first-order chi connectivity index (χ1) is 7.54. The highest BCUT2D eigenvalue weighted by molar-refractivity contribution is 7.77. The fourth-order valence-electron chi connectivity index (χ4n) is 1.06. The molecule has 0 saturated carbocycles. The van der Waals surface area contributed by atoms with E-state index >= 15 is 0 Å². The lowest BCUT2D eigenvalue weighted by atomic mass is 10.2. The molecule has 0 fully saturated rings. The highest BCUT2D eigenvalue weighted by Gasteiger charge is 2.18. The maximum absolute atomic E-state index is 11.4. The van der Waals surface area contributed by atoms with Gasteiger partial charge in [0.15, 0.2) is 0 Å². The molecular formula is C10H13NO4S. The Morgan fingerprint density at radius 1 is 1.44 bits per heavy atom. The van der Waals surface area contributed by atoms with Crippen LogP contribution in [0.3, 0.4) is 0 Å². The summed E-state index contributed by atoms with van der Waals surface area (Å²) < 4.78 is 25.2. The van der Waals surface area contributed by atoms with Gasteiger partial charge in [0, 0.05) is 6.54 Å². The summed E-state index contributed by atoms with van der Waals surface area (Å²) in [6, 6.07) is 6.83. The largest absolute Gasteiger partial charge is 0.428 e. The molecule has 0 radical (unpaired) electrons. The first-order valence-corrected chi connectivity index (χ1v) is 5.78. The summed E-state index contributed by atoms with van der Waals surface area (Å²) in [6.07, 6.45) is -0.841. The van der Waals surface area contributed by atoms with Crippen LogP contribution in [0.1, 0.15) is 12.5 Å². The van der Waals surface area contributed by atoms with E-state index in [1.54, 1.807) is 31.2 Å². The van der Waals surface area contributed by atoms with E-state index in [0.717, 1.165) is 5.56 Å². The molecule has 0 heterocycles. The lowest BCUT2D eigenvalue weighted by molar-refractivity contribution is 0.179. The molecule has 1 rings (SSSR count). The van der Waals surface area contributed by atoms with Crippen molar-refractivity contribution >= 4 is 17.4 Å². The Kier molecular flexibility index (Phi) is 4.45. The van der Waals surface area contributed by atoms with Gasteiger partial charge in [0.05, 0.1) is 0 Å². The lowest BCUT2D eigenvalue weighted by Crippen LogP contribution is -2.34. The normalized spacial score (nSPS) is 11.9. The molecule has 0 bridgehead atoms. The minimum absolute atomic E-state index is 0.105. The molecule has 1 atom stereocenters. The Morgan fingerprint density at radius 3 is 2.44 bits per heavy atom. The summed E-state index contributed by atoms with van der Waals surface area (Å²) in [4.78, 5) is 11.4. The quantitative estimate of drug-likeness (QED) is 0.824. The van der Waals surface area contributed by atoms with Gasteiger partial charge in [-0.1, -0.05) is 17.7 Å². The number of amides is 1. The van der Waals surface area contributed by atoms with Gasteiger partial charge in [-0.3, -0.25) is 4.55 Å². The third-order valence-corrected chi connectivity index (χ3v) is 2.69. The number of benzene rings is 1. The van der Waals surface area contributed by atoms with Crippen molar-refractivity contribution in [2.45, 2.75) is 13.8 Å². The third-order valence-electron chi connectivity index (χ3n) is 1.91. The smallest absolute Gasteiger partial charge is 0.410 e. The number of hydrogen-bond donors (Lipinski definition) is 1. The second kappa shape index (κ2) is 5.62. The second-order valence-electron chi connectivity index (χ2n) is 3.11. The molecule has 1 unspecified atom stereocenters. The van der Waals surface area contributed by atoms with Gasteiger partial charge in [-0.2, -0.15) is 0 Å². The Hall–Kier alpha value is -1.40. The summed E-state index contributed by atoms with van der Waals surface area (Å²) in [6.45, 7) is 3.60. The molecule has 1 N–H and O–H groups in total. The van der Waals surface area contributed by atoms with Gasteiger partial charge < -0.3 is 4.74 Å². The minimum atomic E-state index is -2.35. The number of rotatable bonds is 3. The van der Waals surface area contributed by atoms with E-state index in [4.69, 9.17) is 9.29 Å². The van der Waals surface area contributed by atoms with E-state index in [9.17, 15) is 9.00 Å². The Balaban J connectivity index is 2.70. The first-order valence-electron chi connectivity index (χ1n) is 4.71. The zero-order chi connectivity index (χ0) is 12.1. The van der Waals surface area contributed by atoms with E-state index in [2.05, 4.69) is 0 Å². The van der Waals surface area contributed by atoms with Crippen LogP contribution in [0.15, 0.2) is 24.3 Å². The van der Waals surface area contributed by atoms with Crippen LogP contribution in [-0.4, -0.2) is 25.7 Å².